The fourth-order valence-corrected chi connectivity index (χ4v) is 6.95. The molecule has 4 aromatic rings. The predicted molar refractivity (Wildman–Crippen MR) is 168 cm³/mol. The molecule has 1 aliphatic heterocycles. The highest BCUT2D eigenvalue weighted by molar-refractivity contribution is 14.1. The lowest BCUT2D eigenvalue weighted by atomic mass is 10.1. The number of thioether (sulfide) groups is 1. The van der Waals surface area contributed by atoms with Gasteiger partial charge < -0.3 is 10.1 Å². The van der Waals surface area contributed by atoms with Crippen molar-refractivity contribution in [2.24, 2.45) is 0 Å². The molecule has 6 nitrogen and oxygen atoms in total. The number of nitrogens with zero attached hydrogens (tertiary/aromatic N) is 1. The van der Waals surface area contributed by atoms with E-state index in [1.165, 1.54) is 23.6 Å². The van der Waals surface area contributed by atoms with E-state index >= 15 is 0 Å². The van der Waals surface area contributed by atoms with Crippen molar-refractivity contribution in [2.45, 2.75) is 6.61 Å². The Labute approximate surface area is 255 Å². The van der Waals surface area contributed by atoms with Crippen molar-refractivity contribution in [3.8, 4) is 5.75 Å². The molecule has 1 heterocycles. The maximum absolute atomic E-state index is 13.4. The number of halogens is 3. The van der Waals surface area contributed by atoms with Crippen LogP contribution in [0.3, 0.4) is 0 Å². The number of amides is 3. The van der Waals surface area contributed by atoms with Gasteiger partial charge in [0.2, 0.25) is 5.91 Å². The Balaban J connectivity index is 1.26. The second-order valence-electron chi connectivity index (χ2n) is 8.61. The van der Waals surface area contributed by atoms with Gasteiger partial charge in [-0.15, -0.1) is 0 Å². The van der Waals surface area contributed by atoms with Gasteiger partial charge in [-0.05, 0) is 121 Å². The van der Waals surface area contributed by atoms with Crippen LogP contribution in [0.25, 0.3) is 16.8 Å². The van der Waals surface area contributed by atoms with Crippen LogP contribution in [0.15, 0.2) is 83.8 Å². The maximum Gasteiger partial charge on any atom is 0.294 e. The average Bonchev–Trinajstić information content (AvgIpc) is 3.15. The molecular weight excluding hydrogens is 745 g/mol. The molecule has 3 amide bonds. The zero-order chi connectivity index (χ0) is 27.5. The summed E-state index contributed by atoms with van der Waals surface area (Å²) in [6.07, 6.45) is 1.63. The van der Waals surface area contributed by atoms with Crippen molar-refractivity contribution >= 4 is 96.5 Å². The molecule has 0 unspecified atom stereocenters. The van der Waals surface area contributed by atoms with Gasteiger partial charge in [-0.25, -0.2) is 4.39 Å². The van der Waals surface area contributed by atoms with E-state index in [0.717, 1.165) is 52.1 Å². The Bertz CT molecular complexity index is 1640. The number of ether oxygens (including phenoxy) is 1. The first-order chi connectivity index (χ1) is 18.8. The third-order valence-electron chi connectivity index (χ3n) is 5.80. The zero-order valence-corrected chi connectivity index (χ0v) is 25.3. The van der Waals surface area contributed by atoms with Crippen molar-refractivity contribution in [2.75, 3.05) is 11.9 Å². The van der Waals surface area contributed by atoms with Crippen LogP contribution in [0, 0.1) is 13.0 Å². The minimum absolute atomic E-state index is 0.218. The van der Waals surface area contributed by atoms with Crippen LogP contribution in [0.2, 0.25) is 0 Å². The Morgan fingerprint density at radius 3 is 2.44 bits per heavy atom. The third kappa shape index (κ3) is 6.61. The molecule has 0 spiro atoms. The van der Waals surface area contributed by atoms with E-state index in [9.17, 15) is 18.8 Å². The SMILES string of the molecule is O=C(CN1C(=O)S/C(=C/c2cc(I)c(OCc3ccc4ccccc4c3)c(I)c2)C1=O)Nc1cccc(F)c1. The Kier molecular flexibility index (Phi) is 8.52. The molecule has 0 saturated carbocycles. The Morgan fingerprint density at radius 1 is 0.949 bits per heavy atom. The first kappa shape index (κ1) is 27.6. The van der Waals surface area contributed by atoms with Gasteiger partial charge in [0.05, 0.1) is 12.0 Å². The number of carbonyl (C=O) groups excluding carboxylic acids is 3. The smallest absolute Gasteiger partial charge is 0.294 e. The van der Waals surface area contributed by atoms with Crippen LogP contribution in [-0.4, -0.2) is 28.5 Å². The van der Waals surface area contributed by atoms with Crippen LogP contribution < -0.4 is 10.1 Å². The van der Waals surface area contributed by atoms with E-state index in [1.54, 1.807) is 6.08 Å². The topological polar surface area (TPSA) is 75.7 Å². The number of imide groups is 1. The summed E-state index contributed by atoms with van der Waals surface area (Å²) in [7, 11) is 0. The summed E-state index contributed by atoms with van der Waals surface area (Å²) >= 11 is 5.15. The van der Waals surface area contributed by atoms with Gasteiger partial charge in [-0.1, -0.05) is 42.5 Å². The Hall–Kier alpha value is -2.97. The highest BCUT2D eigenvalue weighted by Crippen LogP contribution is 2.35. The number of hydrogen-bond acceptors (Lipinski definition) is 5. The summed E-state index contributed by atoms with van der Waals surface area (Å²) in [4.78, 5) is 38.8. The van der Waals surface area contributed by atoms with E-state index in [1.807, 2.05) is 30.3 Å². The number of benzene rings is 4. The fraction of sp³-hybridized carbons (Fsp3) is 0.0690. The molecular formula is C29H19FI2N2O4S. The van der Waals surface area contributed by atoms with E-state index in [-0.39, 0.29) is 10.6 Å². The van der Waals surface area contributed by atoms with E-state index in [0.29, 0.717) is 6.61 Å². The summed E-state index contributed by atoms with van der Waals surface area (Å²) in [5, 5.41) is 4.28. The average molecular weight is 764 g/mol. The molecule has 0 atom stereocenters. The summed E-state index contributed by atoms with van der Waals surface area (Å²) < 4.78 is 21.2. The molecule has 0 bridgehead atoms. The molecule has 10 heteroatoms. The molecule has 1 N–H and O–H groups in total. The number of rotatable bonds is 7. The highest BCUT2D eigenvalue weighted by atomic mass is 127. The lowest BCUT2D eigenvalue weighted by Crippen LogP contribution is -2.36. The van der Waals surface area contributed by atoms with Crippen molar-refractivity contribution in [3.05, 3.63) is 108 Å². The van der Waals surface area contributed by atoms with E-state index in [4.69, 9.17) is 4.74 Å². The molecule has 5 rings (SSSR count). The van der Waals surface area contributed by atoms with Crippen LogP contribution in [0.1, 0.15) is 11.1 Å². The maximum atomic E-state index is 13.4. The molecule has 1 aliphatic rings. The number of nitrogens with one attached hydrogen (secondary N) is 1. The minimum atomic E-state index is -0.596. The Morgan fingerprint density at radius 2 is 1.69 bits per heavy atom. The van der Waals surface area contributed by atoms with Gasteiger partial charge in [0.1, 0.15) is 24.7 Å². The summed E-state index contributed by atoms with van der Waals surface area (Å²) in [6.45, 7) is -0.0537. The highest BCUT2D eigenvalue weighted by Gasteiger charge is 2.36. The van der Waals surface area contributed by atoms with Crippen LogP contribution in [0.5, 0.6) is 5.75 Å². The molecule has 1 fully saturated rings. The lowest BCUT2D eigenvalue weighted by Gasteiger charge is -2.13. The predicted octanol–water partition coefficient (Wildman–Crippen LogP) is 7.44. The molecule has 0 aliphatic carbocycles. The van der Waals surface area contributed by atoms with E-state index < -0.39 is 29.4 Å². The quantitative estimate of drug-likeness (QED) is 0.157. The molecule has 39 heavy (non-hydrogen) atoms. The molecule has 1 saturated heterocycles. The number of fused-ring (bicyclic) bond motifs is 1. The van der Waals surface area contributed by atoms with Crippen LogP contribution >= 0.6 is 56.9 Å². The van der Waals surface area contributed by atoms with Crippen LogP contribution in [-0.2, 0) is 16.2 Å². The lowest BCUT2D eigenvalue weighted by molar-refractivity contribution is -0.127. The zero-order valence-electron chi connectivity index (χ0n) is 20.1. The van der Waals surface area contributed by atoms with Crippen molar-refractivity contribution < 1.29 is 23.5 Å². The van der Waals surface area contributed by atoms with Gasteiger partial charge in [0.25, 0.3) is 11.1 Å². The summed E-state index contributed by atoms with van der Waals surface area (Å²) in [6, 6.07) is 23.5. The van der Waals surface area contributed by atoms with Crippen molar-refractivity contribution in [1.29, 1.82) is 0 Å². The molecule has 0 radical (unpaired) electrons. The molecule has 4 aromatic carbocycles. The number of anilines is 1. The summed E-state index contributed by atoms with van der Waals surface area (Å²) in [5.41, 5.74) is 2.03. The standard InChI is InChI=1S/C29H19FI2N2O4S/c30-21-6-3-7-22(14-21)33-26(35)15-34-28(36)25(39-29(34)37)13-18-11-23(31)27(24(32)12-18)38-16-17-8-9-19-4-1-2-5-20(19)10-17/h1-14H,15-16H2,(H,33,35)/b25-13+. The molecule has 0 aromatic heterocycles. The monoisotopic (exact) mass is 764 g/mol. The van der Waals surface area contributed by atoms with Gasteiger partial charge >= 0.3 is 0 Å². The van der Waals surface area contributed by atoms with Gasteiger partial charge in [-0.3, -0.25) is 19.3 Å². The second-order valence-corrected chi connectivity index (χ2v) is 11.9. The van der Waals surface area contributed by atoms with Crippen molar-refractivity contribution in [1.82, 2.24) is 4.90 Å². The number of hydrogen-bond donors (Lipinski definition) is 1. The third-order valence-corrected chi connectivity index (χ3v) is 8.31. The van der Waals surface area contributed by atoms with Crippen molar-refractivity contribution in [3.63, 3.8) is 0 Å². The number of carbonyl (C=O) groups is 3. The summed E-state index contributed by atoms with van der Waals surface area (Å²) in [5.74, 6) is -0.915. The molecule has 196 valence electrons. The minimum Gasteiger partial charge on any atom is -0.487 e. The van der Waals surface area contributed by atoms with Gasteiger partial charge in [0, 0.05) is 5.69 Å². The van der Waals surface area contributed by atoms with E-state index in [2.05, 4.69) is 74.8 Å². The largest absolute Gasteiger partial charge is 0.487 e. The van der Waals surface area contributed by atoms with Gasteiger partial charge in [-0.2, -0.15) is 0 Å². The second kappa shape index (κ2) is 12.0. The van der Waals surface area contributed by atoms with Gasteiger partial charge in [0.15, 0.2) is 0 Å². The normalized spacial score (nSPS) is 14.3. The first-order valence-electron chi connectivity index (χ1n) is 11.7. The first-order valence-corrected chi connectivity index (χ1v) is 14.6. The fourth-order valence-electron chi connectivity index (χ4n) is 3.98. The van der Waals surface area contributed by atoms with Crippen LogP contribution in [0.4, 0.5) is 14.9 Å².